The molecule has 2 aliphatic heterocycles. The van der Waals surface area contributed by atoms with Gasteiger partial charge in [0.05, 0.1) is 19.2 Å². The van der Waals surface area contributed by atoms with E-state index in [0.717, 1.165) is 10.4 Å². The second-order valence-corrected chi connectivity index (χ2v) is 8.20. The van der Waals surface area contributed by atoms with Gasteiger partial charge in [0.25, 0.3) is 11.8 Å². The molecular weight excluding hydrogens is 428 g/mol. The molecule has 0 spiro atoms. The topological polar surface area (TPSA) is 77.1 Å². The van der Waals surface area contributed by atoms with Crippen LogP contribution in [0.4, 0.5) is 5.69 Å². The SMILES string of the molecule is COc1ccc(CN2C(=O)C(Nc3ccc4c(c3)OCCO4)=C(c3cccs3)C2=O)cc1. The molecule has 7 nitrogen and oxygen atoms in total. The molecule has 2 amide bonds. The lowest BCUT2D eigenvalue weighted by Gasteiger charge is -2.19. The summed E-state index contributed by atoms with van der Waals surface area (Å²) in [6.07, 6.45) is 0. The lowest BCUT2D eigenvalue weighted by Crippen LogP contribution is -2.31. The maximum atomic E-state index is 13.4. The van der Waals surface area contributed by atoms with Crippen molar-refractivity contribution in [2.75, 3.05) is 25.6 Å². The molecule has 0 fully saturated rings. The molecule has 2 aromatic carbocycles. The van der Waals surface area contributed by atoms with E-state index >= 15 is 0 Å². The van der Waals surface area contributed by atoms with Crippen LogP contribution in [0.1, 0.15) is 10.4 Å². The number of nitrogens with one attached hydrogen (secondary N) is 1. The van der Waals surface area contributed by atoms with Gasteiger partial charge in [-0.1, -0.05) is 18.2 Å². The molecule has 162 valence electrons. The zero-order valence-corrected chi connectivity index (χ0v) is 18.1. The van der Waals surface area contributed by atoms with Crippen molar-refractivity contribution in [3.8, 4) is 17.2 Å². The number of ether oxygens (including phenoxy) is 3. The van der Waals surface area contributed by atoms with Gasteiger partial charge in [0.1, 0.15) is 24.7 Å². The van der Waals surface area contributed by atoms with Gasteiger partial charge in [-0.3, -0.25) is 14.5 Å². The van der Waals surface area contributed by atoms with E-state index in [1.165, 1.54) is 16.2 Å². The van der Waals surface area contributed by atoms with E-state index in [9.17, 15) is 9.59 Å². The number of thiophene rings is 1. The number of hydrogen-bond acceptors (Lipinski definition) is 7. The minimum atomic E-state index is -0.371. The lowest BCUT2D eigenvalue weighted by atomic mass is 10.1. The zero-order valence-electron chi connectivity index (χ0n) is 17.3. The van der Waals surface area contributed by atoms with E-state index in [1.807, 2.05) is 41.8 Å². The van der Waals surface area contributed by atoms with Crippen LogP contribution in [0.3, 0.4) is 0 Å². The van der Waals surface area contributed by atoms with Crippen molar-refractivity contribution in [1.82, 2.24) is 4.90 Å². The Morgan fingerprint density at radius 2 is 1.78 bits per heavy atom. The summed E-state index contributed by atoms with van der Waals surface area (Å²) in [6, 6.07) is 16.4. The predicted octanol–water partition coefficient (Wildman–Crippen LogP) is 3.92. The number of anilines is 1. The van der Waals surface area contributed by atoms with Crippen LogP contribution in [0, 0.1) is 0 Å². The molecule has 32 heavy (non-hydrogen) atoms. The summed E-state index contributed by atoms with van der Waals surface area (Å²) in [7, 11) is 1.59. The molecule has 3 heterocycles. The second-order valence-electron chi connectivity index (χ2n) is 7.26. The number of nitrogens with zero attached hydrogens (tertiary/aromatic N) is 1. The van der Waals surface area contributed by atoms with Gasteiger partial charge < -0.3 is 19.5 Å². The molecule has 0 saturated heterocycles. The van der Waals surface area contributed by atoms with E-state index < -0.39 is 0 Å². The molecule has 0 radical (unpaired) electrons. The summed E-state index contributed by atoms with van der Waals surface area (Å²) >= 11 is 1.42. The molecule has 1 aromatic heterocycles. The van der Waals surface area contributed by atoms with Gasteiger partial charge in [-0.15, -0.1) is 11.3 Å². The number of rotatable bonds is 6. The quantitative estimate of drug-likeness (QED) is 0.576. The molecule has 0 unspecified atom stereocenters. The highest BCUT2D eigenvalue weighted by Gasteiger charge is 2.39. The number of hydrogen-bond donors (Lipinski definition) is 1. The number of benzene rings is 2. The molecule has 1 N–H and O–H groups in total. The van der Waals surface area contributed by atoms with Gasteiger partial charge >= 0.3 is 0 Å². The molecule has 5 rings (SSSR count). The summed E-state index contributed by atoms with van der Waals surface area (Å²) in [5, 5.41) is 5.05. The number of fused-ring (bicyclic) bond motifs is 1. The maximum absolute atomic E-state index is 13.4. The van der Waals surface area contributed by atoms with E-state index in [4.69, 9.17) is 14.2 Å². The van der Waals surface area contributed by atoms with E-state index in [0.29, 0.717) is 41.7 Å². The fourth-order valence-corrected chi connectivity index (χ4v) is 4.43. The molecule has 2 aliphatic rings. The summed E-state index contributed by atoms with van der Waals surface area (Å²) in [5.41, 5.74) is 2.10. The predicted molar refractivity (Wildman–Crippen MR) is 121 cm³/mol. The molecule has 8 heteroatoms. The highest BCUT2D eigenvalue weighted by Crippen LogP contribution is 2.36. The van der Waals surface area contributed by atoms with Crippen molar-refractivity contribution in [3.05, 3.63) is 76.1 Å². The Balaban J connectivity index is 1.46. The van der Waals surface area contributed by atoms with Crippen molar-refractivity contribution < 1.29 is 23.8 Å². The zero-order chi connectivity index (χ0) is 22.1. The smallest absolute Gasteiger partial charge is 0.278 e. The fraction of sp³-hybridized carbons (Fsp3) is 0.167. The van der Waals surface area contributed by atoms with Crippen molar-refractivity contribution >= 4 is 34.4 Å². The number of methoxy groups -OCH3 is 1. The molecule has 0 aliphatic carbocycles. The second kappa shape index (κ2) is 8.39. The monoisotopic (exact) mass is 448 g/mol. The molecule has 0 bridgehead atoms. The Morgan fingerprint density at radius 3 is 2.50 bits per heavy atom. The van der Waals surface area contributed by atoms with Crippen molar-refractivity contribution in [2.24, 2.45) is 0 Å². The summed E-state index contributed by atoms with van der Waals surface area (Å²) in [5.74, 6) is 1.28. The van der Waals surface area contributed by atoms with Crippen LogP contribution in [-0.4, -0.2) is 37.0 Å². The maximum Gasteiger partial charge on any atom is 0.278 e. The number of amides is 2. The number of imide groups is 1. The Bertz CT molecular complexity index is 1200. The first-order valence-electron chi connectivity index (χ1n) is 10.1. The van der Waals surface area contributed by atoms with E-state index in [1.54, 1.807) is 25.3 Å². The highest BCUT2D eigenvalue weighted by atomic mass is 32.1. The third-order valence-corrected chi connectivity index (χ3v) is 6.13. The van der Waals surface area contributed by atoms with E-state index in [2.05, 4.69) is 5.32 Å². The standard InChI is InChI=1S/C24H20N2O5S/c1-29-17-7-4-15(5-8-17)14-26-23(27)21(20-3-2-12-32-20)22(24(26)28)25-16-6-9-18-19(13-16)31-11-10-30-18/h2-9,12-13,25H,10-11,14H2,1H3. The van der Waals surface area contributed by atoms with Gasteiger partial charge in [-0.2, -0.15) is 0 Å². The molecule has 0 atom stereocenters. The Labute approximate surface area is 188 Å². The molecule has 0 saturated carbocycles. The first kappa shape index (κ1) is 20.1. The average molecular weight is 449 g/mol. The van der Waals surface area contributed by atoms with Crippen LogP contribution < -0.4 is 19.5 Å². The number of carbonyl (C=O) groups is 2. The minimum Gasteiger partial charge on any atom is -0.497 e. The van der Waals surface area contributed by atoms with Crippen LogP contribution in [0.15, 0.2) is 65.7 Å². The van der Waals surface area contributed by atoms with Gasteiger partial charge in [-0.25, -0.2) is 0 Å². The van der Waals surface area contributed by atoms with Crippen LogP contribution in [0.2, 0.25) is 0 Å². The van der Waals surface area contributed by atoms with Crippen molar-refractivity contribution in [3.63, 3.8) is 0 Å². The van der Waals surface area contributed by atoms with Crippen LogP contribution in [-0.2, 0) is 16.1 Å². The van der Waals surface area contributed by atoms with Gasteiger partial charge in [0.15, 0.2) is 11.5 Å². The molecular formula is C24H20N2O5S. The third-order valence-electron chi connectivity index (χ3n) is 5.25. The van der Waals surface area contributed by atoms with Gasteiger partial charge in [0, 0.05) is 16.6 Å². The van der Waals surface area contributed by atoms with Gasteiger partial charge in [-0.05, 0) is 41.3 Å². The third kappa shape index (κ3) is 3.69. The average Bonchev–Trinajstić information content (AvgIpc) is 3.43. The van der Waals surface area contributed by atoms with Crippen molar-refractivity contribution in [2.45, 2.75) is 6.54 Å². The first-order valence-corrected chi connectivity index (χ1v) is 11.0. The number of carbonyl (C=O) groups excluding carboxylic acids is 2. The highest BCUT2D eigenvalue weighted by molar-refractivity contribution is 7.11. The minimum absolute atomic E-state index is 0.169. The van der Waals surface area contributed by atoms with Crippen LogP contribution >= 0.6 is 11.3 Å². The Kier molecular flexibility index (Phi) is 5.28. The summed E-state index contributed by atoms with van der Waals surface area (Å²) in [6.45, 7) is 1.14. The summed E-state index contributed by atoms with van der Waals surface area (Å²) in [4.78, 5) is 28.7. The molecule has 3 aromatic rings. The Hall–Kier alpha value is -3.78. The Morgan fingerprint density at radius 1 is 1.00 bits per heavy atom. The van der Waals surface area contributed by atoms with Crippen LogP contribution in [0.25, 0.3) is 5.57 Å². The van der Waals surface area contributed by atoms with Crippen molar-refractivity contribution in [1.29, 1.82) is 0 Å². The summed E-state index contributed by atoms with van der Waals surface area (Å²) < 4.78 is 16.4. The van der Waals surface area contributed by atoms with E-state index in [-0.39, 0.29) is 24.1 Å². The fourth-order valence-electron chi connectivity index (χ4n) is 3.66. The van der Waals surface area contributed by atoms with Crippen LogP contribution in [0.5, 0.6) is 17.2 Å². The first-order chi connectivity index (χ1) is 15.6. The normalized spacial score (nSPS) is 15.3. The largest absolute Gasteiger partial charge is 0.497 e. The van der Waals surface area contributed by atoms with Gasteiger partial charge in [0.2, 0.25) is 0 Å². The lowest BCUT2D eigenvalue weighted by molar-refractivity contribution is -0.137.